The lowest BCUT2D eigenvalue weighted by molar-refractivity contribution is 0.0743. The van der Waals surface area contributed by atoms with Crippen LogP contribution in [0.25, 0.3) is 0 Å². The number of carbonyl (C=O) groups is 1. The SMILES string of the molecule is CN(c1cccc(C(=O)N2CCN(c3ncccn3)CC2)c1O)c1n[s+]([O-])[nH]c1=N[C@@H](c1ccccc1)C(C)(C)C. The molecule has 214 valence electrons. The van der Waals surface area contributed by atoms with E-state index in [1.54, 1.807) is 53.5 Å². The Bertz CT molecular complexity index is 1560. The van der Waals surface area contributed by atoms with Crippen LogP contribution in [0, 0.1) is 5.41 Å². The molecule has 2 aromatic carbocycles. The van der Waals surface area contributed by atoms with Crippen LogP contribution in [-0.2, 0) is 0 Å². The average molecular weight is 575 g/mol. The fraction of sp³-hybridized carbons (Fsp3) is 0.345. The second-order valence-electron chi connectivity index (χ2n) is 11.0. The molecule has 12 heteroatoms. The van der Waals surface area contributed by atoms with Gasteiger partial charge in [-0.1, -0.05) is 57.2 Å². The summed E-state index contributed by atoms with van der Waals surface area (Å²) < 4.78 is 19.7. The van der Waals surface area contributed by atoms with Gasteiger partial charge >= 0.3 is 0 Å². The lowest BCUT2D eigenvalue weighted by Crippen LogP contribution is -2.49. The van der Waals surface area contributed by atoms with Crippen molar-refractivity contribution in [2.45, 2.75) is 26.8 Å². The molecule has 0 aliphatic carbocycles. The highest BCUT2D eigenvalue weighted by Crippen LogP contribution is 2.37. The van der Waals surface area contributed by atoms with Crippen molar-refractivity contribution in [3.63, 3.8) is 0 Å². The third-order valence-corrected chi connectivity index (χ3v) is 7.79. The number of phenolic OH excluding ortho intramolecular Hbond substituents is 1. The number of hydrogen-bond donors (Lipinski definition) is 2. The number of para-hydroxylation sites is 1. The van der Waals surface area contributed by atoms with Gasteiger partial charge in [-0.2, -0.15) is 0 Å². The molecule has 1 unspecified atom stereocenters. The second-order valence-corrected chi connectivity index (χ2v) is 11.9. The molecule has 41 heavy (non-hydrogen) atoms. The highest BCUT2D eigenvalue weighted by atomic mass is 32.2. The Morgan fingerprint density at radius 1 is 1.05 bits per heavy atom. The molecule has 2 N–H and O–H groups in total. The molecule has 1 fully saturated rings. The van der Waals surface area contributed by atoms with E-state index in [4.69, 9.17) is 4.99 Å². The molecular formula is C29H34N8O3S. The van der Waals surface area contributed by atoms with Gasteiger partial charge in [-0.15, -0.1) is 4.37 Å². The van der Waals surface area contributed by atoms with Crippen molar-refractivity contribution >= 4 is 34.5 Å². The van der Waals surface area contributed by atoms with Crippen LogP contribution in [0.15, 0.2) is 72.0 Å². The zero-order chi connectivity index (χ0) is 29.1. The third kappa shape index (κ3) is 6.08. The van der Waals surface area contributed by atoms with E-state index in [1.807, 2.05) is 35.2 Å². The van der Waals surface area contributed by atoms with Gasteiger partial charge in [-0.3, -0.25) is 9.79 Å². The first-order valence-corrected chi connectivity index (χ1v) is 14.5. The summed E-state index contributed by atoms with van der Waals surface area (Å²) in [4.78, 5) is 32.4. The first-order valence-electron chi connectivity index (χ1n) is 13.4. The largest absolute Gasteiger partial charge is 0.548 e. The van der Waals surface area contributed by atoms with E-state index in [9.17, 15) is 14.5 Å². The first kappa shape index (κ1) is 28.2. The molecule has 4 aromatic rings. The summed E-state index contributed by atoms with van der Waals surface area (Å²) in [6.45, 7) is 8.38. The molecule has 0 spiro atoms. The summed E-state index contributed by atoms with van der Waals surface area (Å²) in [7, 11) is 1.70. The number of aromatic amines is 1. The normalized spacial score (nSPS) is 15.6. The van der Waals surface area contributed by atoms with E-state index in [2.05, 4.69) is 39.5 Å². The third-order valence-electron chi connectivity index (χ3n) is 7.09. The van der Waals surface area contributed by atoms with Crippen molar-refractivity contribution in [1.29, 1.82) is 0 Å². The van der Waals surface area contributed by atoms with Crippen molar-refractivity contribution in [2.75, 3.05) is 43.0 Å². The Hall–Kier alpha value is -4.29. The van der Waals surface area contributed by atoms with Gasteiger partial charge in [0.1, 0.15) is 0 Å². The number of amides is 1. The molecular weight excluding hydrogens is 540 g/mol. The van der Waals surface area contributed by atoms with Crippen molar-refractivity contribution < 1.29 is 14.5 Å². The molecule has 0 bridgehead atoms. The predicted octanol–water partition coefficient (Wildman–Crippen LogP) is 4.05. The van der Waals surface area contributed by atoms with Crippen LogP contribution in [-0.4, -0.2) is 72.4 Å². The number of carbonyl (C=O) groups excluding carboxylic acids is 1. The Morgan fingerprint density at radius 3 is 2.39 bits per heavy atom. The number of H-pyrrole nitrogens is 1. The van der Waals surface area contributed by atoms with Gasteiger partial charge in [0.15, 0.2) is 16.9 Å². The number of aromatic nitrogens is 4. The number of benzene rings is 2. The molecule has 0 saturated carbocycles. The minimum Gasteiger partial charge on any atom is -0.548 e. The number of aromatic hydroxyl groups is 1. The number of nitrogens with one attached hydrogen (secondary N) is 1. The summed E-state index contributed by atoms with van der Waals surface area (Å²) in [6.07, 6.45) is 3.39. The van der Waals surface area contributed by atoms with Crippen LogP contribution in [0.5, 0.6) is 5.75 Å². The highest BCUT2D eigenvalue weighted by molar-refractivity contribution is 7.14. The molecule has 2 aromatic heterocycles. The first-order chi connectivity index (χ1) is 19.6. The van der Waals surface area contributed by atoms with Crippen molar-refractivity contribution in [1.82, 2.24) is 23.6 Å². The maximum atomic E-state index is 13.5. The van der Waals surface area contributed by atoms with Crippen LogP contribution < -0.4 is 15.3 Å². The standard InChI is InChI=1S/C29H34N8O3S/c1-29(2,3)24(20-10-6-5-7-11-20)32-25-26(34-41(40)33-25)35(4)22-13-8-12-21(23(22)38)27(39)36-16-18-37(19-17-36)28-30-14-9-15-31-28/h5-15,24,38H,16-19H2,1-4H3,(H,32,33)/t24-,41?/m0/s1. The Balaban J connectivity index is 1.42. The number of phenols is 1. The Kier molecular flexibility index (Phi) is 8.04. The highest BCUT2D eigenvalue weighted by Gasteiger charge is 2.29. The minimum absolute atomic E-state index is 0.177. The fourth-order valence-corrected chi connectivity index (χ4v) is 5.65. The van der Waals surface area contributed by atoms with Gasteiger partial charge in [0.2, 0.25) is 17.3 Å². The van der Waals surface area contributed by atoms with Gasteiger partial charge < -0.3 is 24.4 Å². The molecule has 0 radical (unpaired) electrons. The molecule has 3 heterocycles. The number of anilines is 3. The summed E-state index contributed by atoms with van der Waals surface area (Å²) in [5, 5.41) is 11.3. The molecule has 1 aliphatic rings. The van der Waals surface area contributed by atoms with E-state index in [1.165, 1.54) is 0 Å². The van der Waals surface area contributed by atoms with Crippen LogP contribution in [0.2, 0.25) is 0 Å². The Morgan fingerprint density at radius 2 is 1.73 bits per heavy atom. The maximum absolute atomic E-state index is 13.5. The lowest BCUT2D eigenvalue weighted by Gasteiger charge is -2.35. The van der Waals surface area contributed by atoms with Gasteiger partial charge in [-0.25, -0.2) is 9.97 Å². The number of hydrogen-bond acceptors (Lipinski definition) is 9. The molecule has 1 aliphatic heterocycles. The van der Waals surface area contributed by atoms with Crippen LogP contribution in [0.1, 0.15) is 42.7 Å². The average Bonchev–Trinajstić information content (AvgIpc) is 3.35. The summed E-state index contributed by atoms with van der Waals surface area (Å²) in [6, 6.07) is 16.4. The molecule has 1 amide bonds. The Labute approximate surface area is 242 Å². The van der Waals surface area contributed by atoms with Crippen LogP contribution in [0.4, 0.5) is 17.5 Å². The molecule has 1 saturated heterocycles. The predicted molar refractivity (Wildman–Crippen MR) is 158 cm³/mol. The van der Waals surface area contributed by atoms with Crippen LogP contribution in [0.3, 0.4) is 0 Å². The van der Waals surface area contributed by atoms with Gasteiger partial charge in [-0.05, 0) is 29.2 Å². The lowest BCUT2D eigenvalue weighted by atomic mass is 9.83. The van der Waals surface area contributed by atoms with E-state index in [0.717, 1.165) is 5.56 Å². The molecule has 11 nitrogen and oxygen atoms in total. The number of rotatable bonds is 6. The summed E-state index contributed by atoms with van der Waals surface area (Å²) in [5.74, 6) is 0.494. The van der Waals surface area contributed by atoms with Gasteiger partial charge in [0.25, 0.3) is 5.91 Å². The van der Waals surface area contributed by atoms with E-state index in [0.29, 0.717) is 49.1 Å². The summed E-state index contributed by atoms with van der Waals surface area (Å²) in [5.41, 5.74) is 1.66. The van der Waals surface area contributed by atoms with Crippen molar-refractivity contribution in [3.8, 4) is 5.75 Å². The van der Waals surface area contributed by atoms with E-state index in [-0.39, 0.29) is 28.7 Å². The van der Waals surface area contributed by atoms with Crippen LogP contribution >= 0.6 is 11.1 Å². The zero-order valence-electron chi connectivity index (χ0n) is 23.6. The minimum atomic E-state index is -1.73. The molecule has 5 rings (SSSR count). The molecule has 2 atom stereocenters. The number of piperazine rings is 1. The van der Waals surface area contributed by atoms with E-state index < -0.39 is 11.1 Å². The van der Waals surface area contributed by atoms with Gasteiger partial charge in [0, 0.05) is 50.0 Å². The summed E-state index contributed by atoms with van der Waals surface area (Å²) >= 11 is -1.73. The monoisotopic (exact) mass is 574 g/mol. The quantitative estimate of drug-likeness (QED) is 0.329. The van der Waals surface area contributed by atoms with E-state index >= 15 is 0 Å². The van der Waals surface area contributed by atoms with Crippen molar-refractivity contribution in [2.24, 2.45) is 10.4 Å². The fourth-order valence-electron chi connectivity index (χ4n) is 4.93. The smallest absolute Gasteiger partial charge is 0.257 e. The maximum Gasteiger partial charge on any atom is 0.257 e. The zero-order valence-corrected chi connectivity index (χ0v) is 24.4. The van der Waals surface area contributed by atoms with Gasteiger partial charge in [0.05, 0.1) is 17.3 Å². The topological polar surface area (TPSA) is 137 Å². The second kappa shape index (κ2) is 11.7. The number of nitrogens with zero attached hydrogens (tertiary/aromatic N) is 7. The van der Waals surface area contributed by atoms with Crippen molar-refractivity contribution in [3.05, 3.63) is 83.6 Å².